The Bertz CT molecular complexity index is 988. The summed E-state index contributed by atoms with van der Waals surface area (Å²) >= 11 is 1.20. The van der Waals surface area contributed by atoms with Crippen LogP contribution in [0.3, 0.4) is 0 Å². The van der Waals surface area contributed by atoms with Crippen molar-refractivity contribution in [1.29, 1.82) is 0 Å². The third-order valence-electron chi connectivity index (χ3n) is 4.13. The molecule has 1 aromatic heterocycles. The standard InChI is InChI=1S/C20H23N5O3S/c1-13-4-9-17(14(2)10-13)28-11-18-23-24-20(25(18)21)29-12-19(26)22-15-5-7-16(27-3)8-6-15/h4-10H,11-12,21H2,1-3H3,(H,22,26). The lowest BCUT2D eigenvalue weighted by Gasteiger charge is -2.09. The van der Waals surface area contributed by atoms with E-state index in [-0.39, 0.29) is 18.3 Å². The number of anilines is 1. The van der Waals surface area contributed by atoms with Crippen LogP contribution in [0.4, 0.5) is 5.69 Å². The molecule has 0 atom stereocenters. The van der Waals surface area contributed by atoms with Gasteiger partial charge >= 0.3 is 0 Å². The van der Waals surface area contributed by atoms with Gasteiger partial charge in [0.25, 0.3) is 0 Å². The number of thioether (sulfide) groups is 1. The number of aromatic nitrogens is 3. The number of hydrogen-bond acceptors (Lipinski definition) is 7. The summed E-state index contributed by atoms with van der Waals surface area (Å²) < 4.78 is 12.2. The first kappa shape index (κ1) is 20.5. The summed E-state index contributed by atoms with van der Waals surface area (Å²) in [7, 11) is 1.59. The molecule has 3 N–H and O–H groups in total. The first-order valence-corrected chi connectivity index (χ1v) is 9.91. The van der Waals surface area contributed by atoms with E-state index in [0.717, 1.165) is 17.1 Å². The van der Waals surface area contributed by atoms with Crippen molar-refractivity contribution in [1.82, 2.24) is 14.9 Å². The molecule has 3 rings (SSSR count). The van der Waals surface area contributed by atoms with Gasteiger partial charge in [0.2, 0.25) is 11.1 Å². The minimum atomic E-state index is -0.170. The van der Waals surface area contributed by atoms with Crippen LogP contribution in [-0.4, -0.2) is 33.6 Å². The highest BCUT2D eigenvalue weighted by molar-refractivity contribution is 7.99. The van der Waals surface area contributed by atoms with Crippen LogP contribution in [0.2, 0.25) is 0 Å². The van der Waals surface area contributed by atoms with Crippen LogP contribution in [-0.2, 0) is 11.4 Å². The number of carbonyl (C=O) groups excluding carboxylic acids is 1. The molecule has 2 aromatic carbocycles. The molecule has 0 radical (unpaired) electrons. The number of hydrogen-bond donors (Lipinski definition) is 2. The summed E-state index contributed by atoms with van der Waals surface area (Å²) in [5, 5.41) is 11.3. The molecule has 152 valence electrons. The van der Waals surface area contributed by atoms with E-state index in [2.05, 4.69) is 15.5 Å². The number of carbonyl (C=O) groups is 1. The van der Waals surface area contributed by atoms with E-state index in [0.29, 0.717) is 16.7 Å². The molecule has 1 amide bonds. The molecule has 8 nitrogen and oxygen atoms in total. The number of nitrogens with two attached hydrogens (primary N) is 1. The van der Waals surface area contributed by atoms with Crippen molar-refractivity contribution >= 4 is 23.4 Å². The van der Waals surface area contributed by atoms with Crippen molar-refractivity contribution in [3.63, 3.8) is 0 Å². The molecular formula is C20H23N5O3S. The highest BCUT2D eigenvalue weighted by Crippen LogP contribution is 2.21. The average Bonchev–Trinajstić information content (AvgIpc) is 3.06. The maximum absolute atomic E-state index is 12.1. The van der Waals surface area contributed by atoms with Gasteiger partial charge in [-0.15, -0.1) is 10.2 Å². The molecule has 0 bridgehead atoms. The maximum Gasteiger partial charge on any atom is 0.234 e. The Hall–Kier alpha value is -3.20. The van der Waals surface area contributed by atoms with Gasteiger partial charge in [-0.25, -0.2) is 4.68 Å². The molecule has 9 heteroatoms. The third kappa shape index (κ3) is 5.41. The van der Waals surface area contributed by atoms with Crippen molar-refractivity contribution in [2.24, 2.45) is 0 Å². The van der Waals surface area contributed by atoms with E-state index in [1.54, 1.807) is 31.4 Å². The molecule has 3 aromatic rings. The van der Waals surface area contributed by atoms with Gasteiger partial charge in [-0.3, -0.25) is 4.79 Å². The van der Waals surface area contributed by atoms with E-state index in [1.807, 2.05) is 32.0 Å². The monoisotopic (exact) mass is 413 g/mol. The first-order valence-electron chi connectivity index (χ1n) is 8.92. The highest BCUT2D eigenvalue weighted by Gasteiger charge is 2.13. The predicted molar refractivity (Wildman–Crippen MR) is 113 cm³/mol. The van der Waals surface area contributed by atoms with Crippen LogP contribution in [0.15, 0.2) is 47.6 Å². The zero-order chi connectivity index (χ0) is 20.8. The summed E-state index contributed by atoms with van der Waals surface area (Å²) in [6, 6.07) is 13.1. The number of nitrogens with zero attached hydrogens (tertiary/aromatic N) is 3. The number of rotatable bonds is 8. The molecule has 0 aliphatic heterocycles. The van der Waals surface area contributed by atoms with Crippen molar-refractivity contribution in [3.05, 3.63) is 59.4 Å². The second-order valence-corrected chi connectivity index (χ2v) is 7.33. The maximum atomic E-state index is 12.1. The second-order valence-electron chi connectivity index (χ2n) is 6.39. The van der Waals surface area contributed by atoms with Crippen molar-refractivity contribution in [2.45, 2.75) is 25.6 Å². The Balaban J connectivity index is 1.52. The number of aryl methyl sites for hydroxylation is 2. The zero-order valence-electron chi connectivity index (χ0n) is 16.5. The van der Waals surface area contributed by atoms with Crippen LogP contribution in [0.5, 0.6) is 11.5 Å². The van der Waals surface area contributed by atoms with Gasteiger partial charge in [0, 0.05) is 5.69 Å². The van der Waals surface area contributed by atoms with E-state index in [9.17, 15) is 4.79 Å². The first-order chi connectivity index (χ1) is 14.0. The summed E-state index contributed by atoms with van der Waals surface area (Å²) in [6.45, 7) is 4.20. The Labute approximate surface area is 173 Å². The van der Waals surface area contributed by atoms with Crippen molar-refractivity contribution in [3.8, 4) is 11.5 Å². The molecule has 0 fully saturated rings. The van der Waals surface area contributed by atoms with E-state index in [1.165, 1.54) is 22.0 Å². The van der Waals surface area contributed by atoms with Crippen molar-refractivity contribution in [2.75, 3.05) is 24.0 Å². The third-order valence-corrected chi connectivity index (χ3v) is 5.07. The quantitative estimate of drug-likeness (QED) is 0.432. The molecule has 0 aliphatic rings. The zero-order valence-corrected chi connectivity index (χ0v) is 17.3. The van der Waals surface area contributed by atoms with Crippen LogP contribution in [0.25, 0.3) is 0 Å². The normalized spacial score (nSPS) is 10.6. The Morgan fingerprint density at radius 3 is 2.62 bits per heavy atom. The fraction of sp³-hybridized carbons (Fsp3) is 0.250. The molecular weight excluding hydrogens is 390 g/mol. The number of nitrogen functional groups attached to an aromatic ring is 1. The minimum absolute atomic E-state index is 0.152. The molecule has 0 saturated carbocycles. The number of ether oxygens (including phenoxy) is 2. The van der Waals surface area contributed by atoms with Gasteiger partial charge in [0.15, 0.2) is 5.82 Å². The van der Waals surface area contributed by atoms with Crippen LogP contribution < -0.4 is 20.6 Å². The summed E-state index contributed by atoms with van der Waals surface area (Å²) in [4.78, 5) is 12.1. The Morgan fingerprint density at radius 2 is 1.93 bits per heavy atom. The van der Waals surface area contributed by atoms with Gasteiger partial charge in [-0.1, -0.05) is 29.5 Å². The lowest BCUT2D eigenvalue weighted by molar-refractivity contribution is -0.113. The van der Waals surface area contributed by atoms with Gasteiger partial charge < -0.3 is 20.6 Å². The smallest absolute Gasteiger partial charge is 0.234 e. The summed E-state index contributed by atoms with van der Waals surface area (Å²) in [5.41, 5.74) is 2.90. The minimum Gasteiger partial charge on any atom is -0.497 e. The predicted octanol–water partition coefficient (Wildman–Crippen LogP) is 2.93. The number of methoxy groups -OCH3 is 1. The van der Waals surface area contributed by atoms with E-state index < -0.39 is 0 Å². The summed E-state index contributed by atoms with van der Waals surface area (Å²) in [6.07, 6.45) is 0. The van der Waals surface area contributed by atoms with Gasteiger partial charge in [-0.2, -0.15) is 0 Å². The molecule has 0 unspecified atom stereocenters. The summed E-state index contributed by atoms with van der Waals surface area (Å²) in [5.74, 6) is 8.00. The molecule has 0 saturated heterocycles. The number of benzene rings is 2. The topological polar surface area (TPSA) is 104 Å². The fourth-order valence-corrected chi connectivity index (χ4v) is 3.28. The largest absolute Gasteiger partial charge is 0.497 e. The van der Waals surface area contributed by atoms with Gasteiger partial charge in [0.05, 0.1) is 12.9 Å². The van der Waals surface area contributed by atoms with Crippen LogP contribution in [0.1, 0.15) is 17.0 Å². The molecule has 1 heterocycles. The second kappa shape index (κ2) is 9.33. The fourth-order valence-electron chi connectivity index (χ4n) is 2.61. The SMILES string of the molecule is COc1ccc(NC(=O)CSc2nnc(COc3ccc(C)cc3C)n2N)cc1. The highest BCUT2D eigenvalue weighted by atomic mass is 32.2. The average molecular weight is 414 g/mol. The molecule has 29 heavy (non-hydrogen) atoms. The van der Waals surface area contributed by atoms with Crippen molar-refractivity contribution < 1.29 is 14.3 Å². The molecule has 0 aliphatic carbocycles. The van der Waals surface area contributed by atoms with E-state index in [4.69, 9.17) is 15.3 Å². The van der Waals surface area contributed by atoms with Gasteiger partial charge in [-0.05, 0) is 49.7 Å². The number of amides is 1. The van der Waals surface area contributed by atoms with Crippen LogP contribution in [0, 0.1) is 13.8 Å². The van der Waals surface area contributed by atoms with E-state index >= 15 is 0 Å². The van der Waals surface area contributed by atoms with Crippen LogP contribution >= 0.6 is 11.8 Å². The number of nitrogens with one attached hydrogen (secondary N) is 1. The Kier molecular flexibility index (Phi) is 6.61. The Morgan fingerprint density at radius 1 is 1.17 bits per heavy atom. The lowest BCUT2D eigenvalue weighted by Crippen LogP contribution is -2.18. The van der Waals surface area contributed by atoms with Gasteiger partial charge in [0.1, 0.15) is 18.1 Å². The molecule has 0 spiro atoms. The lowest BCUT2D eigenvalue weighted by atomic mass is 10.1.